The summed E-state index contributed by atoms with van der Waals surface area (Å²) >= 11 is 0. The average Bonchev–Trinajstić information content (AvgIpc) is 3.09. The second-order valence-corrected chi connectivity index (χ2v) is 7.50. The Morgan fingerprint density at radius 2 is 1.87 bits per heavy atom. The van der Waals surface area contributed by atoms with E-state index in [1.165, 1.54) is 0 Å². The highest BCUT2D eigenvalue weighted by Gasteiger charge is 2.15. The number of imidazole rings is 1. The van der Waals surface area contributed by atoms with E-state index in [9.17, 15) is 9.59 Å². The maximum atomic E-state index is 12.7. The van der Waals surface area contributed by atoms with Crippen LogP contribution in [-0.4, -0.2) is 35.0 Å². The smallest absolute Gasteiger partial charge is 0.259 e. The van der Waals surface area contributed by atoms with Gasteiger partial charge in [-0.3, -0.25) is 9.59 Å². The Morgan fingerprint density at radius 3 is 2.58 bits per heavy atom. The molecule has 3 aromatic rings. The SMILES string of the molecule is CCC(CC)C(=O)NCCc1nc2cc(NC(=O)c3ccccc3OC)ccc2n1C. The molecule has 0 radical (unpaired) electrons. The van der Waals surface area contributed by atoms with Crippen LogP contribution in [0.1, 0.15) is 42.9 Å². The number of hydrogen-bond donors (Lipinski definition) is 2. The number of amides is 2. The molecular weight excluding hydrogens is 392 g/mol. The van der Waals surface area contributed by atoms with Gasteiger partial charge in [0, 0.05) is 31.6 Å². The summed E-state index contributed by atoms with van der Waals surface area (Å²) in [5.41, 5.74) is 2.90. The molecule has 1 aromatic heterocycles. The second-order valence-electron chi connectivity index (χ2n) is 7.50. The molecule has 3 rings (SSSR count). The van der Waals surface area contributed by atoms with Crippen molar-refractivity contribution in [1.82, 2.24) is 14.9 Å². The van der Waals surface area contributed by atoms with Gasteiger partial charge in [0.15, 0.2) is 0 Å². The summed E-state index contributed by atoms with van der Waals surface area (Å²) in [6, 6.07) is 12.8. The van der Waals surface area contributed by atoms with Crippen LogP contribution in [-0.2, 0) is 18.3 Å². The van der Waals surface area contributed by atoms with Gasteiger partial charge in [0.1, 0.15) is 11.6 Å². The van der Waals surface area contributed by atoms with E-state index >= 15 is 0 Å². The molecule has 0 atom stereocenters. The van der Waals surface area contributed by atoms with Crippen LogP contribution in [0.4, 0.5) is 5.69 Å². The molecule has 164 valence electrons. The predicted octanol–water partition coefficient (Wildman–Crippen LogP) is 3.93. The van der Waals surface area contributed by atoms with E-state index in [1.807, 2.05) is 49.7 Å². The number of benzene rings is 2. The summed E-state index contributed by atoms with van der Waals surface area (Å²) in [5, 5.41) is 5.92. The molecule has 0 bridgehead atoms. The second kappa shape index (κ2) is 10.1. The lowest BCUT2D eigenvalue weighted by Gasteiger charge is -2.12. The minimum Gasteiger partial charge on any atom is -0.496 e. The first-order chi connectivity index (χ1) is 15.0. The van der Waals surface area contributed by atoms with Gasteiger partial charge in [-0.15, -0.1) is 0 Å². The van der Waals surface area contributed by atoms with Crippen molar-refractivity contribution in [2.45, 2.75) is 33.1 Å². The lowest BCUT2D eigenvalue weighted by atomic mass is 10.0. The highest BCUT2D eigenvalue weighted by atomic mass is 16.5. The van der Waals surface area contributed by atoms with Gasteiger partial charge in [-0.2, -0.15) is 0 Å². The van der Waals surface area contributed by atoms with Crippen LogP contribution in [0.3, 0.4) is 0 Å². The van der Waals surface area contributed by atoms with Crippen molar-refractivity contribution in [3.05, 3.63) is 53.9 Å². The van der Waals surface area contributed by atoms with Gasteiger partial charge in [-0.05, 0) is 43.2 Å². The minimum atomic E-state index is -0.239. The number of nitrogens with zero attached hydrogens (tertiary/aromatic N) is 2. The molecule has 31 heavy (non-hydrogen) atoms. The zero-order chi connectivity index (χ0) is 22.4. The number of ether oxygens (including phenoxy) is 1. The largest absolute Gasteiger partial charge is 0.496 e. The number of hydrogen-bond acceptors (Lipinski definition) is 4. The van der Waals surface area contributed by atoms with Crippen molar-refractivity contribution in [2.24, 2.45) is 13.0 Å². The van der Waals surface area contributed by atoms with Crippen molar-refractivity contribution in [1.29, 1.82) is 0 Å². The molecule has 0 spiro atoms. The van der Waals surface area contributed by atoms with E-state index in [0.717, 1.165) is 29.7 Å². The first-order valence-corrected chi connectivity index (χ1v) is 10.7. The first kappa shape index (κ1) is 22.3. The van der Waals surface area contributed by atoms with Crippen LogP contribution in [0, 0.1) is 5.92 Å². The number of aromatic nitrogens is 2. The Labute approximate surface area is 182 Å². The molecule has 2 amide bonds. The summed E-state index contributed by atoms with van der Waals surface area (Å²) < 4.78 is 7.29. The fraction of sp³-hybridized carbons (Fsp3) is 0.375. The summed E-state index contributed by atoms with van der Waals surface area (Å²) in [6.07, 6.45) is 2.33. The molecule has 0 saturated carbocycles. The number of carbonyl (C=O) groups is 2. The van der Waals surface area contributed by atoms with Gasteiger partial charge in [-0.1, -0.05) is 26.0 Å². The van der Waals surface area contributed by atoms with E-state index in [0.29, 0.717) is 30.0 Å². The number of rotatable bonds is 9. The molecule has 0 fully saturated rings. The molecule has 2 aromatic carbocycles. The molecule has 0 aliphatic rings. The standard InChI is InChI=1S/C24H30N4O3/c1-5-16(6-2)23(29)25-14-13-22-27-19-15-17(11-12-20(19)28(22)3)26-24(30)18-9-7-8-10-21(18)31-4/h7-12,15-16H,5-6,13-14H2,1-4H3,(H,25,29)(H,26,30). The van der Waals surface area contributed by atoms with Crippen LogP contribution < -0.4 is 15.4 Å². The van der Waals surface area contributed by atoms with E-state index in [-0.39, 0.29) is 17.7 Å². The maximum absolute atomic E-state index is 12.7. The molecule has 7 heteroatoms. The van der Waals surface area contributed by atoms with Gasteiger partial charge in [0.25, 0.3) is 5.91 Å². The molecule has 0 saturated heterocycles. The Hall–Kier alpha value is -3.35. The quantitative estimate of drug-likeness (QED) is 0.547. The molecule has 0 unspecified atom stereocenters. The lowest BCUT2D eigenvalue weighted by Crippen LogP contribution is -2.32. The average molecular weight is 423 g/mol. The van der Waals surface area contributed by atoms with Crippen LogP contribution in [0.25, 0.3) is 11.0 Å². The van der Waals surface area contributed by atoms with Crippen LogP contribution in [0.2, 0.25) is 0 Å². The van der Waals surface area contributed by atoms with E-state index in [2.05, 4.69) is 10.6 Å². The molecule has 2 N–H and O–H groups in total. The normalized spacial score (nSPS) is 11.0. The minimum absolute atomic E-state index is 0.0647. The molecule has 0 aliphatic carbocycles. The van der Waals surface area contributed by atoms with Crippen LogP contribution in [0.15, 0.2) is 42.5 Å². The summed E-state index contributed by atoms with van der Waals surface area (Å²) in [4.78, 5) is 29.5. The topological polar surface area (TPSA) is 85.2 Å². The molecular formula is C24H30N4O3. The Morgan fingerprint density at radius 1 is 1.13 bits per heavy atom. The maximum Gasteiger partial charge on any atom is 0.259 e. The van der Waals surface area contributed by atoms with Gasteiger partial charge in [0.2, 0.25) is 5.91 Å². The van der Waals surface area contributed by atoms with E-state index in [1.54, 1.807) is 25.3 Å². The zero-order valence-electron chi connectivity index (χ0n) is 18.6. The Balaban J connectivity index is 1.70. The summed E-state index contributed by atoms with van der Waals surface area (Å²) in [6.45, 7) is 4.61. The monoisotopic (exact) mass is 422 g/mol. The Kier molecular flexibility index (Phi) is 7.28. The van der Waals surface area contributed by atoms with Crippen molar-refractivity contribution in [2.75, 3.05) is 19.0 Å². The third-order valence-corrected chi connectivity index (χ3v) is 5.59. The number of para-hydroxylation sites is 1. The number of fused-ring (bicyclic) bond motifs is 1. The van der Waals surface area contributed by atoms with Gasteiger partial charge in [0.05, 0.1) is 23.7 Å². The van der Waals surface area contributed by atoms with Gasteiger partial charge in [-0.25, -0.2) is 4.98 Å². The summed E-state index contributed by atoms with van der Waals surface area (Å²) in [7, 11) is 3.50. The number of aryl methyl sites for hydroxylation is 1. The third-order valence-electron chi connectivity index (χ3n) is 5.59. The van der Waals surface area contributed by atoms with Gasteiger partial charge < -0.3 is 19.9 Å². The van der Waals surface area contributed by atoms with Crippen LogP contribution in [0.5, 0.6) is 5.75 Å². The molecule has 1 heterocycles. The highest BCUT2D eigenvalue weighted by Crippen LogP contribution is 2.23. The lowest BCUT2D eigenvalue weighted by molar-refractivity contribution is -0.125. The molecule has 7 nitrogen and oxygen atoms in total. The fourth-order valence-corrected chi connectivity index (χ4v) is 3.68. The zero-order valence-corrected chi connectivity index (χ0v) is 18.6. The number of carbonyl (C=O) groups excluding carboxylic acids is 2. The fourth-order valence-electron chi connectivity index (χ4n) is 3.68. The van der Waals surface area contributed by atoms with Crippen LogP contribution >= 0.6 is 0 Å². The highest BCUT2D eigenvalue weighted by molar-refractivity contribution is 6.06. The third kappa shape index (κ3) is 5.05. The Bertz CT molecular complexity index is 1070. The van der Waals surface area contributed by atoms with Crippen molar-refractivity contribution in [3.8, 4) is 5.75 Å². The number of nitrogens with one attached hydrogen (secondary N) is 2. The predicted molar refractivity (Wildman–Crippen MR) is 122 cm³/mol. The van der Waals surface area contributed by atoms with E-state index in [4.69, 9.17) is 9.72 Å². The number of anilines is 1. The van der Waals surface area contributed by atoms with Crippen molar-refractivity contribution < 1.29 is 14.3 Å². The van der Waals surface area contributed by atoms with Crippen molar-refractivity contribution >= 4 is 28.5 Å². The first-order valence-electron chi connectivity index (χ1n) is 10.7. The van der Waals surface area contributed by atoms with Gasteiger partial charge >= 0.3 is 0 Å². The van der Waals surface area contributed by atoms with Crippen molar-refractivity contribution in [3.63, 3.8) is 0 Å². The summed E-state index contributed by atoms with van der Waals surface area (Å²) in [5.74, 6) is 1.33. The number of methoxy groups -OCH3 is 1. The molecule has 0 aliphatic heterocycles. The van der Waals surface area contributed by atoms with E-state index < -0.39 is 0 Å².